The van der Waals surface area contributed by atoms with E-state index in [0.717, 1.165) is 19.4 Å². The van der Waals surface area contributed by atoms with Gasteiger partial charge in [-0.05, 0) is 33.5 Å². The van der Waals surface area contributed by atoms with Gasteiger partial charge in [-0.1, -0.05) is 6.42 Å². The molecule has 80 valence electrons. The van der Waals surface area contributed by atoms with Crippen LogP contribution in [0, 0.1) is 0 Å². The van der Waals surface area contributed by atoms with Crippen molar-refractivity contribution in [3.8, 4) is 0 Å². The van der Waals surface area contributed by atoms with E-state index in [1.165, 1.54) is 0 Å². The predicted octanol–water partition coefficient (Wildman–Crippen LogP) is 0.470. The molecule has 0 rings (SSSR count). The molecule has 4 nitrogen and oxygen atoms in total. The molecule has 0 aliphatic rings. The number of rotatable bonds is 7. The molecule has 0 bridgehead atoms. The van der Waals surface area contributed by atoms with Crippen molar-refractivity contribution in [3.05, 3.63) is 0 Å². The zero-order valence-electron chi connectivity index (χ0n) is 8.17. The monoisotopic (exact) mass is 210 g/mol. The Kier molecular flexibility index (Phi) is 11.4. The Morgan fingerprint density at radius 1 is 1.38 bits per heavy atom. The highest BCUT2D eigenvalue weighted by Crippen LogP contribution is 1.99. The third-order valence-corrected chi connectivity index (χ3v) is 1.82. The first-order chi connectivity index (χ1) is 5.72. The Bertz CT molecular complexity index is 133. The highest BCUT2D eigenvalue weighted by Gasteiger charge is 2.12. The molecule has 5 heteroatoms. The van der Waals surface area contributed by atoms with Crippen LogP contribution in [0.3, 0.4) is 0 Å². The molecular formula is C8H19ClN2O2. The van der Waals surface area contributed by atoms with Crippen LogP contribution in [0.2, 0.25) is 0 Å². The summed E-state index contributed by atoms with van der Waals surface area (Å²) in [5.74, 6) is -0.762. The van der Waals surface area contributed by atoms with Crippen LogP contribution in [0.1, 0.15) is 19.3 Å². The third-order valence-electron chi connectivity index (χ3n) is 1.82. The summed E-state index contributed by atoms with van der Waals surface area (Å²) in [4.78, 5) is 10.5. The van der Waals surface area contributed by atoms with Crippen LogP contribution in [0.5, 0.6) is 0 Å². The summed E-state index contributed by atoms with van der Waals surface area (Å²) in [6.45, 7) is 0.954. The van der Waals surface area contributed by atoms with Gasteiger partial charge in [0.25, 0.3) is 0 Å². The number of hydrogen-bond acceptors (Lipinski definition) is 3. The lowest BCUT2D eigenvalue weighted by molar-refractivity contribution is -0.139. The molecule has 0 amide bonds. The minimum atomic E-state index is -0.762. The standard InChI is InChI=1S/C8H18N2O2.ClH/c1-9-6-4-3-5-7(10-2)8(11)12;/h7,9-10H,3-6H2,1-2H3,(H,11,12);1H/t7-;/m0./s1. The second-order valence-electron chi connectivity index (χ2n) is 2.78. The molecule has 0 aliphatic carbocycles. The fourth-order valence-corrected chi connectivity index (χ4v) is 1.04. The zero-order chi connectivity index (χ0) is 9.40. The Morgan fingerprint density at radius 3 is 2.38 bits per heavy atom. The van der Waals surface area contributed by atoms with Crippen LogP contribution in [0.4, 0.5) is 0 Å². The second-order valence-corrected chi connectivity index (χ2v) is 2.78. The fourth-order valence-electron chi connectivity index (χ4n) is 1.04. The minimum Gasteiger partial charge on any atom is -0.480 e. The molecule has 0 aromatic carbocycles. The molecule has 0 saturated carbocycles. The van der Waals surface area contributed by atoms with E-state index in [1.54, 1.807) is 7.05 Å². The van der Waals surface area contributed by atoms with Crippen molar-refractivity contribution in [1.29, 1.82) is 0 Å². The molecule has 0 saturated heterocycles. The number of carbonyl (C=O) groups is 1. The smallest absolute Gasteiger partial charge is 0.320 e. The normalized spacial score (nSPS) is 11.8. The molecule has 0 spiro atoms. The molecule has 3 N–H and O–H groups in total. The SMILES string of the molecule is CNCCCC[C@H](NC)C(=O)O.Cl. The largest absolute Gasteiger partial charge is 0.480 e. The summed E-state index contributed by atoms with van der Waals surface area (Å²) in [5, 5.41) is 14.4. The van der Waals surface area contributed by atoms with Gasteiger partial charge >= 0.3 is 5.97 Å². The highest BCUT2D eigenvalue weighted by molar-refractivity contribution is 5.85. The van der Waals surface area contributed by atoms with Gasteiger partial charge in [-0.2, -0.15) is 0 Å². The number of hydrogen-bond donors (Lipinski definition) is 3. The number of aliphatic carboxylic acids is 1. The number of nitrogens with one attached hydrogen (secondary N) is 2. The van der Waals surface area contributed by atoms with Crippen LogP contribution in [0.25, 0.3) is 0 Å². The van der Waals surface area contributed by atoms with E-state index in [2.05, 4.69) is 10.6 Å². The highest BCUT2D eigenvalue weighted by atomic mass is 35.5. The number of carboxylic acid groups (broad SMARTS) is 1. The molecular weight excluding hydrogens is 192 g/mol. The number of unbranched alkanes of at least 4 members (excludes halogenated alkanes) is 1. The maximum atomic E-state index is 10.5. The number of halogens is 1. The van der Waals surface area contributed by atoms with Gasteiger partial charge in [0.05, 0.1) is 0 Å². The van der Waals surface area contributed by atoms with Gasteiger partial charge in [0.1, 0.15) is 6.04 Å². The Labute approximate surface area is 85.5 Å². The molecule has 0 fully saturated rings. The van der Waals surface area contributed by atoms with Gasteiger partial charge in [0, 0.05) is 0 Å². The average Bonchev–Trinajstić information content (AvgIpc) is 2.04. The third kappa shape index (κ3) is 8.02. The van der Waals surface area contributed by atoms with Crippen molar-refractivity contribution in [3.63, 3.8) is 0 Å². The number of carboxylic acids is 1. The molecule has 13 heavy (non-hydrogen) atoms. The molecule has 0 unspecified atom stereocenters. The van der Waals surface area contributed by atoms with Crippen molar-refractivity contribution in [1.82, 2.24) is 10.6 Å². The van der Waals surface area contributed by atoms with Crippen LogP contribution in [-0.2, 0) is 4.79 Å². The van der Waals surface area contributed by atoms with E-state index in [1.807, 2.05) is 7.05 Å². The first kappa shape index (κ1) is 15.2. The van der Waals surface area contributed by atoms with E-state index in [4.69, 9.17) is 5.11 Å². The van der Waals surface area contributed by atoms with E-state index >= 15 is 0 Å². The Morgan fingerprint density at radius 2 is 2.00 bits per heavy atom. The van der Waals surface area contributed by atoms with Crippen molar-refractivity contribution >= 4 is 18.4 Å². The Hall–Kier alpha value is -0.320. The average molecular weight is 211 g/mol. The van der Waals surface area contributed by atoms with Crippen molar-refractivity contribution in [2.75, 3.05) is 20.6 Å². The summed E-state index contributed by atoms with van der Waals surface area (Å²) < 4.78 is 0. The quantitative estimate of drug-likeness (QED) is 0.535. The molecule has 0 aliphatic heterocycles. The van der Waals surface area contributed by atoms with Gasteiger partial charge in [0.15, 0.2) is 0 Å². The van der Waals surface area contributed by atoms with Gasteiger partial charge in [-0.15, -0.1) is 12.4 Å². The maximum absolute atomic E-state index is 10.5. The van der Waals surface area contributed by atoms with Crippen molar-refractivity contribution < 1.29 is 9.90 Å². The summed E-state index contributed by atoms with van der Waals surface area (Å²) >= 11 is 0. The van der Waals surface area contributed by atoms with Gasteiger partial charge in [0.2, 0.25) is 0 Å². The zero-order valence-corrected chi connectivity index (χ0v) is 8.99. The summed E-state index contributed by atoms with van der Waals surface area (Å²) in [5.41, 5.74) is 0. The van der Waals surface area contributed by atoms with E-state index in [0.29, 0.717) is 6.42 Å². The minimum absolute atomic E-state index is 0. The molecule has 0 heterocycles. The lowest BCUT2D eigenvalue weighted by Gasteiger charge is -2.09. The van der Waals surface area contributed by atoms with Gasteiger partial charge < -0.3 is 15.7 Å². The van der Waals surface area contributed by atoms with E-state index in [-0.39, 0.29) is 18.4 Å². The maximum Gasteiger partial charge on any atom is 0.320 e. The molecule has 0 aromatic heterocycles. The Balaban J connectivity index is 0. The van der Waals surface area contributed by atoms with Crippen LogP contribution < -0.4 is 10.6 Å². The predicted molar refractivity (Wildman–Crippen MR) is 55.5 cm³/mol. The summed E-state index contributed by atoms with van der Waals surface area (Å²) in [7, 11) is 3.57. The summed E-state index contributed by atoms with van der Waals surface area (Å²) in [6.07, 6.45) is 2.67. The van der Waals surface area contributed by atoms with Crippen molar-refractivity contribution in [2.24, 2.45) is 0 Å². The van der Waals surface area contributed by atoms with Crippen LogP contribution in [0.15, 0.2) is 0 Å². The molecule has 0 aromatic rings. The number of likely N-dealkylation sites (N-methyl/N-ethyl adjacent to an activating group) is 1. The molecule has 1 atom stereocenters. The summed E-state index contributed by atoms with van der Waals surface area (Å²) in [6, 6.07) is -0.387. The van der Waals surface area contributed by atoms with E-state index in [9.17, 15) is 4.79 Å². The van der Waals surface area contributed by atoms with Gasteiger partial charge in [-0.25, -0.2) is 0 Å². The topological polar surface area (TPSA) is 61.4 Å². The van der Waals surface area contributed by atoms with E-state index < -0.39 is 5.97 Å². The fraction of sp³-hybridized carbons (Fsp3) is 0.875. The van der Waals surface area contributed by atoms with Gasteiger partial charge in [-0.3, -0.25) is 4.79 Å². The first-order valence-electron chi connectivity index (χ1n) is 4.27. The van der Waals surface area contributed by atoms with Crippen molar-refractivity contribution in [2.45, 2.75) is 25.3 Å². The lowest BCUT2D eigenvalue weighted by Crippen LogP contribution is -2.33. The molecule has 0 radical (unpaired) electrons. The van der Waals surface area contributed by atoms with Crippen LogP contribution >= 0.6 is 12.4 Å². The second kappa shape index (κ2) is 9.77. The van der Waals surface area contributed by atoms with Crippen LogP contribution in [-0.4, -0.2) is 37.8 Å². The first-order valence-corrected chi connectivity index (χ1v) is 4.27. The lowest BCUT2D eigenvalue weighted by atomic mass is 10.1.